The van der Waals surface area contributed by atoms with E-state index in [-0.39, 0.29) is 6.10 Å². The van der Waals surface area contributed by atoms with Crippen LogP contribution >= 0.6 is 0 Å². The van der Waals surface area contributed by atoms with Crippen molar-refractivity contribution in [2.75, 3.05) is 26.2 Å². The number of rotatable bonds is 5. The number of aliphatic hydroxyl groups is 1. The maximum Gasteiger partial charge on any atom is 0.0564 e. The minimum absolute atomic E-state index is 0.0611. The lowest BCUT2D eigenvalue weighted by Crippen LogP contribution is -2.38. The molecule has 1 aromatic carbocycles. The van der Waals surface area contributed by atoms with Crippen molar-refractivity contribution in [2.24, 2.45) is 5.92 Å². The van der Waals surface area contributed by atoms with Crippen molar-refractivity contribution < 1.29 is 5.11 Å². The number of benzene rings is 1. The van der Waals surface area contributed by atoms with Crippen LogP contribution in [0.4, 0.5) is 0 Å². The van der Waals surface area contributed by atoms with Gasteiger partial charge in [-0.1, -0.05) is 31.2 Å². The molecule has 0 saturated carbocycles. The summed E-state index contributed by atoms with van der Waals surface area (Å²) in [5.74, 6) is 0.722. The topological polar surface area (TPSA) is 35.5 Å². The summed E-state index contributed by atoms with van der Waals surface area (Å²) >= 11 is 0. The number of aliphatic hydroxyl groups excluding tert-OH is 1. The second-order valence-electron chi connectivity index (χ2n) is 7.07. The molecular weight excluding hydrogens is 272 g/mol. The van der Waals surface area contributed by atoms with Crippen molar-refractivity contribution >= 4 is 0 Å². The van der Waals surface area contributed by atoms with E-state index in [1.807, 2.05) is 0 Å². The van der Waals surface area contributed by atoms with Crippen LogP contribution in [0, 0.1) is 5.92 Å². The summed E-state index contributed by atoms with van der Waals surface area (Å²) in [6.45, 7) is 6.73. The lowest BCUT2D eigenvalue weighted by Gasteiger charge is -2.33. The van der Waals surface area contributed by atoms with Gasteiger partial charge in [0.1, 0.15) is 0 Å². The Hall–Kier alpha value is -0.900. The molecule has 1 heterocycles. The third-order valence-corrected chi connectivity index (χ3v) is 5.40. The molecule has 1 aliphatic carbocycles. The Labute approximate surface area is 134 Å². The van der Waals surface area contributed by atoms with E-state index in [1.54, 1.807) is 0 Å². The first-order valence-corrected chi connectivity index (χ1v) is 8.95. The molecule has 1 saturated heterocycles. The van der Waals surface area contributed by atoms with Gasteiger partial charge in [-0.3, -0.25) is 0 Å². The number of piperidine rings is 1. The lowest BCUT2D eigenvalue weighted by molar-refractivity contribution is 0.0819. The molecule has 0 amide bonds. The van der Waals surface area contributed by atoms with Gasteiger partial charge in [0.15, 0.2) is 0 Å². The Morgan fingerprint density at radius 3 is 2.77 bits per heavy atom. The number of hydrogen-bond acceptors (Lipinski definition) is 3. The largest absolute Gasteiger partial charge is 0.393 e. The molecule has 1 fully saturated rings. The Balaban J connectivity index is 1.45. The molecule has 0 spiro atoms. The zero-order chi connectivity index (χ0) is 15.4. The van der Waals surface area contributed by atoms with Gasteiger partial charge in [0, 0.05) is 19.1 Å². The third kappa shape index (κ3) is 3.89. The van der Waals surface area contributed by atoms with E-state index in [0.29, 0.717) is 6.04 Å². The van der Waals surface area contributed by atoms with Gasteiger partial charge >= 0.3 is 0 Å². The van der Waals surface area contributed by atoms with Crippen molar-refractivity contribution in [3.63, 3.8) is 0 Å². The highest BCUT2D eigenvalue weighted by atomic mass is 16.3. The second kappa shape index (κ2) is 7.58. The SMILES string of the molecule is C[C@H]1CCc2ccccc2[C@H]1NCCCN1CCC(O)CC1. The number of hydrogen-bond donors (Lipinski definition) is 2. The van der Waals surface area contributed by atoms with Crippen LogP contribution in [0.2, 0.25) is 0 Å². The van der Waals surface area contributed by atoms with Gasteiger partial charge < -0.3 is 15.3 Å². The van der Waals surface area contributed by atoms with Crippen molar-refractivity contribution in [1.29, 1.82) is 0 Å². The van der Waals surface area contributed by atoms with Crippen LogP contribution in [0.25, 0.3) is 0 Å². The van der Waals surface area contributed by atoms with Gasteiger partial charge in [0.25, 0.3) is 0 Å². The molecule has 22 heavy (non-hydrogen) atoms. The van der Waals surface area contributed by atoms with Crippen LogP contribution in [0.5, 0.6) is 0 Å². The fourth-order valence-corrected chi connectivity index (χ4v) is 3.94. The molecule has 3 heteroatoms. The molecule has 2 atom stereocenters. The molecule has 2 aliphatic rings. The monoisotopic (exact) mass is 302 g/mol. The van der Waals surface area contributed by atoms with Gasteiger partial charge in [-0.25, -0.2) is 0 Å². The molecule has 1 aromatic rings. The van der Waals surface area contributed by atoms with Gasteiger partial charge in [0.05, 0.1) is 6.10 Å². The molecular formula is C19H30N2O. The molecule has 0 bridgehead atoms. The minimum Gasteiger partial charge on any atom is -0.393 e. The van der Waals surface area contributed by atoms with Crippen molar-refractivity contribution in [3.05, 3.63) is 35.4 Å². The zero-order valence-corrected chi connectivity index (χ0v) is 13.8. The van der Waals surface area contributed by atoms with Crippen LogP contribution in [0.15, 0.2) is 24.3 Å². The van der Waals surface area contributed by atoms with E-state index in [4.69, 9.17) is 0 Å². The molecule has 3 nitrogen and oxygen atoms in total. The first-order valence-electron chi connectivity index (χ1n) is 8.95. The Bertz CT molecular complexity index is 468. The third-order valence-electron chi connectivity index (χ3n) is 5.40. The fraction of sp³-hybridized carbons (Fsp3) is 0.684. The summed E-state index contributed by atoms with van der Waals surface area (Å²) in [5, 5.41) is 13.4. The van der Waals surface area contributed by atoms with E-state index in [1.165, 1.54) is 30.4 Å². The van der Waals surface area contributed by atoms with E-state index < -0.39 is 0 Å². The maximum absolute atomic E-state index is 9.55. The van der Waals surface area contributed by atoms with Crippen LogP contribution in [0.1, 0.15) is 49.8 Å². The smallest absolute Gasteiger partial charge is 0.0564 e. The summed E-state index contributed by atoms with van der Waals surface area (Å²) in [6.07, 6.45) is 5.54. The number of fused-ring (bicyclic) bond motifs is 1. The predicted molar refractivity (Wildman–Crippen MR) is 91.0 cm³/mol. The summed E-state index contributed by atoms with van der Waals surface area (Å²) in [4.78, 5) is 2.49. The standard InChI is InChI=1S/C19H30N2O/c1-15-7-8-16-5-2-3-6-18(16)19(15)20-11-4-12-21-13-9-17(22)10-14-21/h2-3,5-6,15,17,19-20,22H,4,7-14H2,1H3/t15-,19-/m0/s1. The highest BCUT2D eigenvalue weighted by molar-refractivity contribution is 5.32. The molecule has 0 unspecified atom stereocenters. The normalized spacial score (nSPS) is 26.8. The Morgan fingerprint density at radius 2 is 1.95 bits per heavy atom. The average molecular weight is 302 g/mol. The van der Waals surface area contributed by atoms with Crippen molar-refractivity contribution in [2.45, 2.75) is 51.2 Å². The van der Waals surface area contributed by atoms with Crippen molar-refractivity contribution in [1.82, 2.24) is 10.2 Å². The van der Waals surface area contributed by atoms with E-state index in [9.17, 15) is 5.11 Å². The maximum atomic E-state index is 9.55. The van der Waals surface area contributed by atoms with Crippen LogP contribution < -0.4 is 5.32 Å². The molecule has 0 radical (unpaired) electrons. The molecule has 0 aromatic heterocycles. The van der Waals surface area contributed by atoms with Gasteiger partial charge in [-0.2, -0.15) is 0 Å². The number of likely N-dealkylation sites (tertiary alicyclic amines) is 1. The summed E-state index contributed by atoms with van der Waals surface area (Å²) in [6, 6.07) is 9.44. The number of nitrogens with one attached hydrogen (secondary N) is 1. The van der Waals surface area contributed by atoms with Crippen molar-refractivity contribution in [3.8, 4) is 0 Å². The zero-order valence-electron chi connectivity index (χ0n) is 13.8. The first-order chi connectivity index (χ1) is 10.7. The summed E-state index contributed by atoms with van der Waals surface area (Å²) in [7, 11) is 0. The van der Waals surface area contributed by atoms with Gasteiger partial charge in [-0.05, 0) is 62.2 Å². The second-order valence-corrected chi connectivity index (χ2v) is 7.07. The average Bonchev–Trinajstić information content (AvgIpc) is 2.55. The van der Waals surface area contributed by atoms with E-state index in [2.05, 4.69) is 41.4 Å². The summed E-state index contributed by atoms with van der Waals surface area (Å²) in [5.41, 5.74) is 3.05. The van der Waals surface area contributed by atoms with Gasteiger partial charge in [-0.15, -0.1) is 0 Å². The Kier molecular flexibility index (Phi) is 5.51. The van der Waals surface area contributed by atoms with Crippen LogP contribution in [-0.2, 0) is 6.42 Å². The van der Waals surface area contributed by atoms with E-state index >= 15 is 0 Å². The number of nitrogens with zero attached hydrogens (tertiary/aromatic N) is 1. The molecule has 122 valence electrons. The minimum atomic E-state index is -0.0611. The summed E-state index contributed by atoms with van der Waals surface area (Å²) < 4.78 is 0. The number of aryl methyl sites for hydroxylation is 1. The van der Waals surface area contributed by atoms with Crippen LogP contribution in [0.3, 0.4) is 0 Å². The molecule has 1 aliphatic heterocycles. The predicted octanol–water partition coefficient (Wildman–Crippen LogP) is 2.75. The quantitative estimate of drug-likeness (QED) is 0.821. The highest BCUT2D eigenvalue weighted by Crippen LogP contribution is 2.33. The Morgan fingerprint density at radius 1 is 1.18 bits per heavy atom. The first kappa shape index (κ1) is 16.0. The van der Waals surface area contributed by atoms with E-state index in [0.717, 1.165) is 44.9 Å². The van der Waals surface area contributed by atoms with Gasteiger partial charge in [0.2, 0.25) is 0 Å². The fourth-order valence-electron chi connectivity index (χ4n) is 3.94. The van der Waals surface area contributed by atoms with Crippen LogP contribution in [-0.4, -0.2) is 42.3 Å². The molecule has 3 rings (SSSR count). The lowest BCUT2D eigenvalue weighted by atomic mass is 9.80. The highest BCUT2D eigenvalue weighted by Gasteiger charge is 2.25. The molecule has 2 N–H and O–H groups in total.